The zero-order chi connectivity index (χ0) is 29.5. The van der Waals surface area contributed by atoms with Crippen molar-refractivity contribution < 1.29 is 0 Å². The summed E-state index contributed by atoms with van der Waals surface area (Å²) in [4.78, 5) is 9.17. The molecule has 0 fully saturated rings. The first-order valence-electron chi connectivity index (χ1n) is 15.4. The van der Waals surface area contributed by atoms with Crippen LogP contribution in [0.3, 0.4) is 0 Å². The second kappa shape index (κ2) is 7.83. The molecule has 210 valence electrons. The topological polar surface area (TPSA) is 35.6 Å². The monoisotopic (exact) mass is 566 g/mol. The first-order valence-corrected chi connectivity index (χ1v) is 15.4. The minimum atomic E-state index is -0.167. The average Bonchev–Trinajstić information content (AvgIpc) is 3.56. The van der Waals surface area contributed by atoms with E-state index in [-0.39, 0.29) is 10.8 Å². The van der Waals surface area contributed by atoms with Crippen LogP contribution in [-0.4, -0.2) is 19.1 Å². The van der Waals surface area contributed by atoms with Crippen molar-refractivity contribution in [3.8, 4) is 22.5 Å². The van der Waals surface area contributed by atoms with Crippen LogP contribution >= 0.6 is 0 Å². The molecule has 0 spiro atoms. The minimum absolute atomic E-state index is 0.167. The average molecular weight is 567 g/mol. The van der Waals surface area contributed by atoms with Crippen LogP contribution in [0.15, 0.2) is 110 Å². The van der Waals surface area contributed by atoms with Gasteiger partial charge in [0, 0.05) is 57.2 Å². The van der Waals surface area contributed by atoms with Crippen molar-refractivity contribution in [3.63, 3.8) is 0 Å². The quantitative estimate of drug-likeness (QED) is 0.198. The summed E-state index contributed by atoms with van der Waals surface area (Å²) in [6, 6.07) is 31.8. The number of hydrogen-bond donors (Lipinski definition) is 0. The van der Waals surface area contributed by atoms with E-state index >= 15 is 0 Å². The SMILES string of the molecule is CC1(C)c2ccccc2-n2c3ccncc3c3cc(-c4cc5c6c(c4)c4cnccc4n6-c4ccccc4C5(C)C)cc1c32. The van der Waals surface area contributed by atoms with Gasteiger partial charge in [0.1, 0.15) is 0 Å². The van der Waals surface area contributed by atoms with Gasteiger partial charge in [-0.25, -0.2) is 0 Å². The highest BCUT2D eigenvalue weighted by Crippen LogP contribution is 2.51. The van der Waals surface area contributed by atoms with Crippen molar-refractivity contribution in [3.05, 3.63) is 132 Å². The van der Waals surface area contributed by atoms with Crippen molar-refractivity contribution in [1.82, 2.24) is 19.1 Å². The minimum Gasteiger partial charge on any atom is -0.309 e. The van der Waals surface area contributed by atoms with E-state index in [1.54, 1.807) is 0 Å². The molecule has 0 bridgehead atoms. The van der Waals surface area contributed by atoms with Crippen LogP contribution in [0, 0.1) is 0 Å². The van der Waals surface area contributed by atoms with Gasteiger partial charge in [-0.15, -0.1) is 0 Å². The smallest absolute Gasteiger partial charge is 0.0583 e. The van der Waals surface area contributed by atoms with Gasteiger partial charge < -0.3 is 9.13 Å². The maximum atomic E-state index is 4.59. The van der Waals surface area contributed by atoms with Gasteiger partial charge in [0.25, 0.3) is 0 Å². The van der Waals surface area contributed by atoms with Crippen molar-refractivity contribution in [2.24, 2.45) is 0 Å². The molecule has 0 N–H and O–H groups in total. The summed E-state index contributed by atoms with van der Waals surface area (Å²) < 4.78 is 4.91. The third kappa shape index (κ3) is 2.75. The van der Waals surface area contributed by atoms with Crippen LogP contribution in [-0.2, 0) is 10.8 Å². The molecule has 4 nitrogen and oxygen atoms in total. The fraction of sp³-hybridized carbons (Fsp3) is 0.150. The molecule has 2 aliphatic heterocycles. The molecular formula is C40H30N4. The fourth-order valence-corrected chi connectivity index (χ4v) is 8.45. The van der Waals surface area contributed by atoms with E-state index in [0.29, 0.717) is 0 Å². The Labute approximate surface area is 255 Å². The fourth-order valence-electron chi connectivity index (χ4n) is 8.45. The number of aromatic nitrogens is 4. The summed E-state index contributed by atoms with van der Waals surface area (Å²) in [5, 5.41) is 4.89. The number of pyridine rings is 2. The number of nitrogens with zero attached hydrogens (tertiary/aromatic N) is 4. The van der Waals surface area contributed by atoms with E-state index in [0.717, 1.165) is 0 Å². The van der Waals surface area contributed by atoms with E-state index in [1.807, 2.05) is 24.8 Å². The molecule has 8 aromatic rings. The van der Waals surface area contributed by atoms with E-state index in [2.05, 4.69) is 132 Å². The Bertz CT molecular complexity index is 2380. The number of para-hydroxylation sites is 2. The summed E-state index contributed by atoms with van der Waals surface area (Å²) in [5.41, 5.74) is 15.0. The lowest BCUT2D eigenvalue weighted by atomic mass is 9.72. The Morgan fingerprint density at radius 3 is 1.36 bits per heavy atom. The van der Waals surface area contributed by atoms with Crippen LogP contribution in [0.25, 0.3) is 66.1 Å². The normalized spacial score (nSPS) is 15.6. The van der Waals surface area contributed by atoms with E-state index in [4.69, 9.17) is 0 Å². The van der Waals surface area contributed by atoms with Gasteiger partial charge in [0.2, 0.25) is 0 Å². The zero-order valence-corrected chi connectivity index (χ0v) is 25.2. The predicted octanol–water partition coefficient (Wildman–Crippen LogP) is 9.62. The van der Waals surface area contributed by atoms with Gasteiger partial charge in [-0.05, 0) is 81.9 Å². The van der Waals surface area contributed by atoms with Crippen LogP contribution in [0.4, 0.5) is 0 Å². The summed E-state index contributed by atoms with van der Waals surface area (Å²) >= 11 is 0. The Morgan fingerprint density at radius 2 is 0.909 bits per heavy atom. The molecule has 0 amide bonds. The highest BCUT2D eigenvalue weighted by atomic mass is 15.0. The van der Waals surface area contributed by atoms with Gasteiger partial charge in [0.05, 0.1) is 33.4 Å². The number of fused-ring (bicyclic) bond motifs is 10. The van der Waals surface area contributed by atoms with Crippen LogP contribution in [0.1, 0.15) is 49.9 Å². The molecule has 2 aliphatic rings. The first kappa shape index (κ1) is 24.2. The molecule has 6 heterocycles. The second-order valence-corrected chi connectivity index (χ2v) is 13.6. The Kier molecular flexibility index (Phi) is 4.32. The van der Waals surface area contributed by atoms with Gasteiger partial charge >= 0.3 is 0 Å². The van der Waals surface area contributed by atoms with Crippen molar-refractivity contribution >= 4 is 43.6 Å². The molecule has 0 aliphatic carbocycles. The Hall–Kier alpha value is -5.22. The van der Waals surface area contributed by atoms with Gasteiger partial charge in [-0.1, -0.05) is 64.1 Å². The lowest BCUT2D eigenvalue weighted by Crippen LogP contribution is -2.26. The Balaban J connectivity index is 1.35. The summed E-state index contributed by atoms with van der Waals surface area (Å²) in [6.45, 7) is 9.48. The van der Waals surface area contributed by atoms with Crippen molar-refractivity contribution in [2.45, 2.75) is 38.5 Å². The molecule has 0 radical (unpaired) electrons. The highest BCUT2D eigenvalue weighted by molar-refractivity contribution is 6.15. The van der Waals surface area contributed by atoms with Crippen LogP contribution in [0.5, 0.6) is 0 Å². The lowest BCUT2D eigenvalue weighted by molar-refractivity contribution is 0.629. The maximum Gasteiger partial charge on any atom is 0.0583 e. The van der Waals surface area contributed by atoms with E-state index in [9.17, 15) is 0 Å². The Morgan fingerprint density at radius 1 is 0.477 bits per heavy atom. The lowest BCUT2D eigenvalue weighted by Gasteiger charge is -2.36. The standard InChI is InChI=1S/C40H30N4/c1-39(2)29-9-5-7-11-35(29)43-33-13-15-41-21-27(33)25-17-23(19-31(39)37(25)43)24-18-26-28-22-42-16-14-34(28)44-36-12-8-6-10-30(36)40(3,4)32(20-24)38(26)44/h5-22H,1-4H3. The van der Waals surface area contributed by atoms with Gasteiger partial charge in [-0.2, -0.15) is 0 Å². The molecule has 0 saturated heterocycles. The molecule has 4 heteroatoms. The molecule has 0 saturated carbocycles. The molecular weight excluding hydrogens is 536 g/mol. The molecule has 4 aromatic heterocycles. The van der Waals surface area contributed by atoms with E-state index < -0.39 is 0 Å². The summed E-state index contributed by atoms with van der Waals surface area (Å²) in [6.07, 6.45) is 7.90. The zero-order valence-electron chi connectivity index (χ0n) is 25.2. The molecule has 0 atom stereocenters. The third-order valence-corrected chi connectivity index (χ3v) is 10.6. The van der Waals surface area contributed by atoms with Crippen LogP contribution < -0.4 is 0 Å². The second-order valence-electron chi connectivity index (χ2n) is 13.6. The number of benzene rings is 4. The largest absolute Gasteiger partial charge is 0.309 e. The molecule has 44 heavy (non-hydrogen) atoms. The van der Waals surface area contributed by atoms with Gasteiger partial charge in [0.15, 0.2) is 0 Å². The van der Waals surface area contributed by atoms with E-state index in [1.165, 1.54) is 88.4 Å². The first-order chi connectivity index (χ1) is 21.4. The van der Waals surface area contributed by atoms with Gasteiger partial charge in [-0.3, -0.25) is 9.97 Å². The highest BCUT2D eigenvalue weighted by Gasteiger charge is 2.37. The third-order valence-electron chi connectivity index (χ3n) is 10.6. The number of rotatable bonds is 1. The summed E-state index contributed by atoms with van der Waals surface area (Å²) in [7, 11) is 0. The predicted molar refractivity (Wildman–Crippen MR) is 180 cm³/mol. The molecule has 4 aromatic carbocycles. The molecule has 10 rings (SSSR count). The van der Waals surface area contributed by atoms with Crippen LogP contribution in [0.2, 0.25) is 0 Å². The molecule has 0 unspecified atom stereocenters. The number of hydrogen-bond acceptors (Lipinski definition) is 2. The van der Waals surface area contributed by atoms with Crippen molar-refractivity contribution in [2.75, 3.05) is 0 Å². The summed E-state index contributed by atoms with van der Waals surface area (Å²) in [5.74, 6) is 0. The van der Waals surface area contributed by atoms with Crippen molar-refractivity contribution in [1.29, 1.82) is 0 Å². The maximum absolute atomic E-state index is 4.59.